The Hall–Kier alpha value is -4.23. The Balaban J connectivity index is 1.39. The van der Waals surface area contributed by atoms with Crippen LogP contribution in [0.2, 0.25) is 0 Å². The van der Waals surface area contributed by atoms with Crippen molar-refractivity contribution in [2.24, 2.45) is 0 Å². The molecule has 3 atom stereocenters. The molecule has 1 saturated heterocycles. The molecule has 2 N–H and O–H groups in total. The number of alkyl halides is 3. The zero-order valence-corrected chi connectivity index (χ0v) is 27.2. The van der Waals surface area contributed by atoms with Crippen LogP contribution in [0.4, 0.5) is 18.9 Å². The Kier molecular flexibility index (Phi) is 10.9. The predicted octanol–water partition coefficient (Wildman–Crippen LogP) is 7.05. The zero-order chi connectivity index (χ0) is 34.5. The van der Waals surface area contributed by atoms with Crippen molar-refractivity contribution in [2.75, 3.05) is 24.6 Å². The van der Waals surface area contributed by atoms with E-state index in [2.05, 4.69) is 0 Å². The van der Waals surface area contributed by atoms with Gasteiger partial charge in [0.1, 0.15) is 35.1 Å². The second kappa shape index (κ2) is 14.9. The van der Waals surface area contributed by atoms with Crippen molar-refractivity contribution in [1.29, 1.82) is 0 Å². The van der Waals surface area contributed by atoms with Crippen molar-refractivity contribution < 1.29 is 50.8 Å². The monoisotopic (exact) mass is 689 g/mol. The number of benzene rings is 3. The summed E-state index contributed by atoms with van der Waals surface area (Å²) in [6.07, 6.45) is -2.34. The van der Waals surface area contributed by atoms with E-state index in [4.69, 9.17) is 19.3 Å². The first-order valence-corrected chi connectivity index (χ1v) is 17.2. The number of fused-ring (bicyclic) bond motifs is 2. The van der Waals surface area contributed by atoms with E-state index in [0.29, 0.717) is 45.5 Å². The van der Waals surface area contributed by atoms with Gasteiger partial charge in [-0.15, -0.1) is 0 Å². The molecule has 0 saturated carbocycles. The van der Waals surface area contributed by atoms with Gasteiger partial charge in [-0.3, -0.25) is 9.10 Å². The van der Waals surface area contributed by atoms with Gasteiger partial charge in [0.05, 0.1) is 25.5 Å². The number of carboxylic acid groups (broad SMARTS) is 1. The lowest BCUT2D eigenvalue weighted by Crippen LogP contribution is -2.47. The van der Waals surface area contributed by atoms with E-state index >= 15 is 0 Å². The maximum Gasteiger partial charge on any atom is 0.407 e. The van der Waals surface area contributed by atoms with Gasteiger partial charge < -0.3 is 24.4 Å². The van der Waals surface area contributed by atoms with Crippen molar-refractivity contribution >= 4 is 32.8 Å². The van der Waals surface area contributed by atoms with Gasteiger partial charge in [-0.1, -0.05) is 43.5 Å². The highest BCUT2D eigenvalue weighted by molar-refractivity contribution is 7.93. The number of phenolic OH excluding ortho intramolecular Hbond substituents is 1. The number of ether oxygens (including phenoxy) is 3. The molecular weight excluding hydrogens is 651 g/mol. The Bertz CT molecular complexity index is 1690. The van der Waals surface area contributed by atoms with Crippen LogP contribution in [0.3, 0.4) is 0 Å². The van der Waals surface area contributed by atoms with Crippen LogP contribution in [0.15, 0.2) is 72.8 Å². The van der Waals surface area contributed by atoms with Crippen molar-refractivity contribution in [3.05, 3.63) is 83.9 Å². The molecular formula is C35H38F3NO8S. The number of aliphatic carboxylic acids is 1. The Morgan fingerprint density at radius 2 is 1.46 bits per heavy atom. The summed E-state index contributed by atoms with van der Waals surface area (Å²) in [5, 5.41) is 17.3. The number of carboxylic acids is 1. The Morgan fingerprint density at radius 3 is 2.08 bits per heavy atom. The number of halogens is 3. The minimum atomic E-state index is -4.81. The number of sulfonamides is 1. The van der Waals surface area contributed by atoms with Crippen molar-refractivity contribution in [3.63, 3.8) is 0 Å². The normalized spacial score (nSPS) is 19.0. The average Bonchev–Trinajstić information content (AvgIpc) is 3.65. The standard InChI is InChI=1S/C35H38F3NO8S/c1-45-27-18-12-25(13-19-27)39(22-35(36,37)38)48(43,44)30-21-29-32(23-8-14-26(40)15-9-23)33(34(30)47-29)24-10-16-28(17-11-24)46-20-6-4-2-3-5-7-31(41)42/h8-19,29-30,34,40H,2-7,20-22H2,1H3,(H,41,42)/t29-,30+,34+/m1/s1. The highest BCUT2D eigenvalue weighted by Gasteiger charge is 2.55. The lowest BCUT2D eigenvalue weighted by Gasteiger charge is -2.32. The summed E-state index contributed by atoms with van der Waals surface area (Å²) in [6, 6.07) is 18.9. The summed E-state index contributed by atoms with van der Waals surface area (Å²) in [7, 11) is -3.20. The number of hydrogen-bond donors (Lipinski definition) is 2. The van der Waals surface area contributed by atoms with Crippen LogP contribution in [-0.4, -0.2) is 68.5 Å². The third kappa shape index (κ3) is 8.24. The number of hydrogen-bond acceptors (Lipinski definition) is 7. The molecule has 5 rings (SSSR count). The summed E-state index contributed by atoms with van der Waals surface area (Å²) in [5.74, 6) is 0.226. The molecule has 2 aliphatic rings. The fraction of sp³-hybridized carbons (Fsp3) is 0.400. The molecule has 2 heterocycles. The molecule has 2 aliphatic heterocycles. The van der Waals surface area contributed by atoms with Gasteiger partial charge in [0.2, 0.25) is 10.0 Å². The van der Waals surface area contributed by atoms with Crippen LogP contribution in [0.5, 0.6) is 17.2 Å². The van der Waals surface area contributed by atoms with Gasteiger partial charge in [-0.2, -0.15) is 13.2 Å². The summed E-state index contributed by atoms with van der Waals surface area (Å²) in [6.45, 7) is -1.23. The largest absolute Gasteiger partial charge is 0.508 e. The number of nitrogens with zero attached hydrogens (tertiary/aromatic N) is 1. The molecule has 0 unspecified atom stereocenters. The van der Waals surface area contributed by atoms with Crippen molar-refractivity contribution in [1.82, 2.24) is 0 Å². The number of methoxy groups -OCH3 is 1. The lowest BCUT2D eigenvalue weighted by atomic mass is 9.83. The fourth-order valence-corrected chi connectivity index (χ4v) is 8.23. The molecule has 0 aliphatic carbocycles. The van der Waals surface area contributed by atoms with Gasteiger partial charge in [-0.05, 0) is 90.1 Å². The van der Waals surface area contributed by atoms with Gasteiger partial charge in [0.25, 0.3) is 0 Å². The third-order valence-electron chi connectivity index (χ3n) is 8.51. The van der Waals surface area contributed by atoms with Crippen LogP contribution in [-0.2, 0) is 19.6 Å². The number of carbonyl (C=O) groups is 1. The van der Waals surface area contributed by atoms with Crippen molar-refractivity contribution in [3.8, 4) is 17.2 Å². The minimum absolute atomic E-state index is 0.0469. The molecule has 1 fully saturated rings. The van der Waals surface area contributed by atoms with E-state index in [-0.39, 0.29) is 24.3 Å². The van der Waals surface area contributed by atoms with E-state index < -0.39 is 46.2 Å². The number of aromatic hydroxyl groups is 1. The second-order valence-corrected chi connectivity index (χ2v) is 13.9. The first kappa shape index (κ1) is 35.1. The number of anilines is 1. The fourth-order valence-electron chi connectivity index (χ4n) is 6.23. The third-order valence-corrected chi connectivity index (χ3v) is 10.7. The summed E-state index contributed by atoms with van der Waals surface area (Å²) in [4.78, 5) is 10.6. The summed E-state index contributed by atoms with van der Waals surface area (Å²) >= 11 is 0. The van der Waals surface area contributed by atoms with Crippen LogP contribution < -0.4 is 13.8 Å². The SMILES string of the molecule is COc1ccc(N(CC(F)(F)F)S(=O)(=O)[C@H]2C[C@H]3O[C@@H]2C(c2ccc(OCCCCCCCC(=O)O)cc2)=C3c2ccc(O)cc2)cc1. The lowest BCUT2D eigenvalue weighted by molar-refractivity contribution is -0.137. The van der Waals surface area contributed by atoms with Gasteiger partial charge in [0.15, 0.2) is 0 Å². The molecule has 0 amide bonds. The Morgan fingerprint density at radius 1 is 0.875 bits per heavy atom. The molecule has 0 spiro atoms. The molecule has 13 heteroatoms. The second-order valence-electron chi connectivity index (χ2n) is 11.8. The smallest absolute Gasteiger partial charge is 0.407 e. The number of phenols is 1. The first-order valence-electron chi connectivity index (χ1n) is 15.7. The van der Waals surface area contributed by atoms with Crippen LogP contribution >= 0.6 is 0 Å². The maximum atomic E-state index is 14.1. The Labute approximate surface area is 277 Å². The van der Waals surface area contributed by atoms with Crippen LogP contribution in [0, 0.1) is 0 Å². The first-order chi connectivity index (χ1) is 22.9. The maximum absolute atomic E-state index is 14.1. The average molecular weight is 690 g/mol. The molecule has 0 radical (unpaired) electrons. The molecule has 258 valence electrons. The zero-order valence-electron chi connectivity index (χ0n) is 26.4. The summed E-state index contributed by atoms with van der Waals surface area (Å²) in [5.41, 5.74) is 2.48. The molecule has 2 bridgehead atoms. The minimum Gasteiger partial charge on any atom is -0.508 e. The molecule has 48 heavy (non-hydrogen) atoms. The molecule has 3 aromatic rings. The highest BCUT2D eigenvalue weighted by Crippen LogP contribution is 2.51. The van der Waals surface area contributed by atoms with E-state index in [1.165, 1.54) is 43.5 Å². The number of unbranched alkanes of at least 4 members (excludes halogenated alkanes) is 4. The number of rotatable bonds is 16. The highest BCUT2D eigenvalue weighted by atomic mass is 32.2. The van der Waals surface area contributed by atoms with E-state index in [9.17, 15) is 31.5 Å². The van der Waals surface area contributed by atoms with Crippen molar-refractivity contribution in [2.45, 2.75) is 68.6 Å². The molecule has 0 aromatic heterocycles. The summed E-state index contributed by atoms with van der Waals surface area (Å²) < 4.78 is 87.4. The van der Waals surface area contributed by atoms with E-state index in [1.807, 2.05) is 0 Å². The molecule has 3 aromatic carbocycles. The van der Waals surface area contributed by atoms with Crippen LogP contribution in [0.25, 0.3) is 11.1 Å². The van der Waals surface area contributed by atoms with E-state index in [1.54, 1.807) is 36.4 Å². The van der Waals surface area contributed by atoms with Crippen LogP contribution in [0.1, 0.15) is 56.1 Å². The molecule has 9 nitrogen and oxygen atoms in total. The van der Waals surface area contributed by atoms with E-state index in [0.717, 1.165) is 31.3 Å². The topological polar surface area (TPSA) is 123 Å². The predicted molar refractivity (Wildman–Crippen MR) is 175 cm³/mol. The van der Waals surface area contributed by atoms with Gasteiger partial charge in [0, 0.05) is 6.42 Å². The van der Waals surface area contributed by atoms with Gasteiger partial charge in [-0.25, -0.2) is 8.42 Å². The van der Waals surface area contributed by atoms with Gasteiger partial charge >= 0.3 is 12.1 Å². The quantitative estimate of drug-likeness (QED) is 0.154.